The molecule has 0 atom stereocenters. The smallest absolute Gasteiger partial charge is 0.193 e. The molecular formula is C17H28IN3OS. The van der Waals surface area contributed by atoms with Gasteiger partial charge in [-0.2, -0.15) is 0 Å². The molecule has 6 heteroatoms. The van der Waals surface area contributed by atoms with Gasteiger partial charge in [0.1, 0.15) is 0 Å². The maximum Gasteiger partial charge on any atom is 0.193 e. The van der Waals surface area contributed by atoms with Crippen molar-refractivity contribution in [2.75, 3.05) is 33.0 Å². The first-order valence-electron chi connectivity index (χ1n) is 7.97. The largest absolute Gasteiger partial charge is 0.378 e. The van der Waals surface area contributed by atoms with Gasteiger partial charge >= 0.3 is 0 Å². The van der Waals surface area contributed by atoms with Crippen molar-refractivity contribution in [2.45, 2.75) is 37.3 Å². The Kier molecular flexibility index (Phi) is 9.97. The Labute approximate surface area is 161 Å². The number of nitrogens with one attached hydrogen (secondary N) is 1. The van der Waals surface area contributed by atoms with Gasteiger partial charge in [0.25, 0.3) is 0 Å². The van der Waals surface area contributed by atoms with Crippen LogP contribution in [0.15, 0.2) is 34.2 Å². The summed E-state index contributed by atoms with van der Waals surface area (Å²) in [5, 5.41) is 3.47. The number of aliphatic imine (C=N–C) groups is 1. The molecule has 0 saturated carbocycles. The lowest BCUT2D eigenvalue weighted by atomic mass is 10.1. The van der Waals surface area contributed by atoms with Crippen molar-refractivity contribution in [3.8, 4) is 0 Å². The van der Waals surface area contributed by atoms with Crippen LogP contribution in [-0.2, 0) is 11.3 Å². The Morgan fingerprint density at radius 1 is 1.30 bits per heavy atom. The Hall–Kier alpha value is -0.470. The van der Waals surface area contributed by atoms with Crippen LogP contribution in [0, 0.1) is 0 Å². The fourth-order valence-electron chi connectivity index (χ4n) is 2.73. The number of ether oxygens (including phenoxy) is 1. The average Bonchev–Trinajstić information content (AvgIpc) is 2.57. The van der Waals surface area contributed by atoms with Crippen LogP contribution in [0.5, 0.6) is 0 Å². The molecule has 0 amide bonds. The number of rotatable bonds is 5. The van der Waals surface area contributed by atoms with Gasteiger partial charge in [-0.3, -0.25) is 4.99 Å². The lowest BCUT2D eigenvalue weighted by Crippen LogP contribution is -2.46. The zero-order chi connectivity index (χ0) is 15.8. The van der Waals surface area contributed by atoms with Crippen LogP contribution in [0.25, 0.3) is 0 Å². The zero-order valence-electron chi connectivity index (χ0n) is 14.2. The van der Waals surface area contributed by atoms with E-state index >= 15 is 0 Å². The summed E-state index contributed by atoms with van der Waals surface area (Å²) in [5.41, 5.74) is 1.28. The number of hydrogen-bond acceptors (Lipinski definition) is 3. The monoisotopic (exact) mass is 449 g/mol. The second-order valence-electron chi connectivity index (χ2n) is 5.39. The van der Waals surface area contributed by atoms with Gasteiger partial charge in [-0.25, -0.2) is 0 Å². The van der Waals surface area contributed by atoms with E-state index in [-0.39, 0.29) is 24.0 Å². The summed E-state index contributed by atoms with van der Waals surface area (Å²) in [4.78, 5) is 8.04. The normalized spacial score (nSPS) is 16.1. The van der Waals surface area contributed by atoms with Crippen molar-refractivity contribution < 1.29 is 4.74 Å². The molecular weight excluding hydrogens is 421 g/mol. The molecule has 1 aliphatic rings. The van der Waals surface area contributed by atoms with E-state index in [1.807, 2.05) is 7.05 Å². The van der Waals surface area contributed by atoms with Crippen molar-refractivity contribution in [2.24, 2.45) is 4.99 Å². The number of thioether (sulfide) groups is 1. The zero-order valence-corrected chi connectivity index (χ0v) is 17.4. The molecule has 0 aliphatic carbocycles. The molecule has 1 saturated heterocycles. The fourth-order valence-corrected chi connectivity index (χ4v) is 3.14. The Balaban J connectivity index is 0.00000264. The second-order valence-corrected chi connectivity index (χ2v) is 6.27. The summed E-state index contributed by atoms with van der Waals surface area (Å²) in [6, 6.07) is 8.68. The molecule has 2 rings (SSSR count). The van der Waals surface area contributed by atoms with Crippen molar-refractivity contribution in [3.05, 3.63) is 29.8 Å². The average molecular weight is 449 g/mol. The van der Waals surface area contributed by atoms with E-state index in [1.165, 1.54) is 10.5 Å². The number of benzene rings is 1. The van der Waals surface area contributed by atoms with Crippen LogP contribution in [0.1, 0.15) is 25.3 Å². The fraction of sp³-hybridized carbons (Fsp3) is 0.588. The van der Waals surface area contributed by atoms with E-state index in [1.54, 1.807) is 11.8 Å². The van der Waals surface area contributed by atoms with Crippen LogP contribution in [-0.4, -0.2) is 50.0 Å². The van der Waals surface area contributed by atoms with E-state index in [0.717, 1.165) is 45.0 Å². The highest BCUT2D eigenvalue weighted by atomic mass is 127. The lowest BCUT2D eigenvalue weighted by Gasteiger charge is -2.34. The number of guanidine groups is 1. The van der Waals surface area contributed by atoms with Gasteiger partial charge in [-0.1, -0.05) is 12.1 Å². The molecule has 0 bridgehead atoms. The van der Waals surface area contributed by atoms with Gasteiger partial charge in [-0.15, -0.1) is 35.7 Å². The molecule has 1 aromatic rings. The summed E-state index contributed by atoms with van der Waals surface area (Å²) < 4.78 is 5.71. The molecule has 1 heterocycles. The maximum atomic E-state index is 5.71. The van der Waals surface area contributed by atoms with Crippen molar-refractivity contribution >= 4 is 41.7 Å². The number of likely N-dealkylation sites (tertiary alicyclic amines) is 1. The summed E-state index contributed by atoms with van der Waals surface area (Å²) in [6.45, 7) is 5.71. The lowest BCUT2D eigenvalue weighted by molar-refractivity contribution is 0.0263. The van der Waals surface area contributed by atoms with Gasteiger partial charge in [-0.05, 0) is 43.7 Å². The van der Waals surface area contributed by atoms with Crippen LogP contribution in [0.3, 0.4) is 0 Å². The van der Waals surface area contributed by atoms with Crippen molar-refractivity contribution in [1.29, 1.82) is 0 Å². The Morgan fingerprint density at radius 3 is 2.48 bits per heavy atom. The molecule has 1 aliphatic heterocycles. The van der Waals surface area contributed by atoms with Crippen LogP contribution in [0.2, 0.25) is 0 Å². The predicted octanol–water partition coefficient (Wildman–Crippen LogP) is 3.60. The minimum absolute atomic E-state index is 0. The molecule has 4 nitrogen and oxygen atoms in total. The molecule has 0 aromatic heterocycles. The second kappa shape index (κ2) is 11.1. The first kappa shape index (κ1) is 20.6. The number of hydrogen-bond donors (Lipinski definition) is 1. The highest BCUT2D eigenvalue weighted by Gasteiger charge is 2.21. The first-order valence-corrected chi connectivity index (χ1v) is 9.19. The van der Waals surface area contributed by atoms with Crippen LogP contribution in [0.4, 0.5) is 0 Å². The Bertz CT molecular complexity index is 473. The highest BCUT2D eigenvalue weighted by molar-refractivity contribution is 14.0. The molecule has 130 valence electrons. The minimum atomic E-state index is 0. The molecule has 0 unspecified atom stereocenters. The highest BCUT2D eigenvalue weighted by Crippen LogP contribution is 2.16. The third kappa shape index (κ3) is 6.51. The van der Waals surface area contributed by atoms with E-state index in [9.17, 15) is 0 Å². The molecule has 1 aromatic carbocycles. The number of halogens is 1. The van der Waals surface area contributed by atoms with E-state index in [0.29, 0.717) is 6.10 Å². The Morgan fingerprint density at radius 2 is 1.96 bits per heavy atom. The van der Waals surface area contributed by atoms with Crippen LogP contribution >= 0.6 is 35.7 Å². The molecule has 23 heavy (non-hydrogen) atoms. The topological polar surface area (TPSA) is 36.9 Å². The third-order valence-corrected chi connectivity index (χ3v) is 4.71. The van der Waals surface area contributed by atoms with E-state index in [2.05, 4.69) is 52.7 Å². The first-order chi connectivity index (χ1) is 10.8. The van der Waals surface area contributed by atoms with Gasteiger partial charge in [0.15, 0.2) is 5.96 Å². The van der Waals surface area contributed by atoms with Crippen molar-refractivity contribution in [1.82, 2.24) is 10.2 Å². The van der Waals surface area contributed by atoms with Gasteiger partial charge in [0.05, 0.1) is 6.10 Å². The summed E-state index contributed by atoms with van der Waals surface area (Å²) >= 11 is 1.77. The SMILES string of the molecule is CCOC1CCN(C(=NC)NCc2ccc(SC)cc2)CC1.I. The van der Waals surface area contributed by atoms with Gasteiger partial charge in [0, 0.05) is 38.2 Å². The van der Waals surface area contributed by atoms with Crippen molar-refractivity contribution in [3.63, 3.8) is 0 Å². The van der Waals surface area contributed by atoms with Gasteiger partial charge < -0.3 is 15.0 Å². The maximum absolute atomic E-state index is 5.71. The van der Waals surface area contributed by atoms with Crippen LogP contribution < -0.4 is 5.32 Å². The summed E-state index contributed by atoms with van der Waals surface area (Å²) in [6.07, 6.45) is 4.67. The quantitative estimate of drug-likeness (QED) is 0.323. The minimum Gasteiger partial charge on any atom is -0.378 e. The molecule has 1 N–H and O–H groups in total. The van der Waals surface area contributed by atoms with E-state index < -0.39 is 0 Å². The predicted molar refractivity (Wildman–Crippen MR) is 110 cm³/mol. The molecule has 0 radical (unpaired) electrons. The molecule has 1 fully saturated rings. The summed E-state index contributed by atoms with van der Waals surface area (Å²) in [7, 11) is 1.85. The summed E-state index contributed by atoms with van der Waals surface area (Å²) in [5.74, 6) is 0.990. The van der Waals surface area contributed by atoms with Gasteiger partial charge in [0.2, 0.25) is 0 Å². The standard InChI is InChI=1S/C17H27N3OS.HI/c1-4-21-15-9-11-20(12-10-15)17(18-2)19-13-14-5-7-16(22-3)8-6-14;/h5-8,15H,4,9-13H2,1-3H3,(H,18,19);1H. The number of nitrogens with zero attached hydrogens (tertiary/aromatic N) is 2. The third-order valence-electron chi connectivity index (χ3n) is 3.97. The van der Waals surface area contributed by atoms with E-state index in [4.69, 9.17) is 4.74 Å². The number of piperidine rings is 1. The molecule has 0 spiro atoms.